The Morgan fingerprint density at radius 2 is 1.88 bits per heavy atom. The highest BCUT2D eigenvalue weighted by molar-refractivity contribution is 9.10. The van der Waals surface area contributed by atoms with Crippen molar-refractivity contribution >= 4 is 21.7 Å². The maximum absolute atomic E-state index is 12.3. The van der Waals surface area contributed by atoms with E-state index in [4.69, 9.17) is 0 Å². The molecule has 0 radical (unpaired) electrons. The van der Waals surface area contributed by atoms with Crippen LogP contribution in [0.5, 0.6) is 0 Å². The van der Waals surface area contributed by atoms with Gasteiger partial charge in [-0.2, -0.15) is 5.10 Å². The number of pyridine rings is 1. The highest BCUT2D eigenvalue weighted by Crippen LogP contribution is 2.19. The second kappa shape index (κ2) is 4.41. The number of nitrogens with zero attached hydrogens (tertiary/aromatic N) is 3. The van der Waals surface area contributed by atoms with Crippen molar-refractivity contribution in [3.8, 4) is 0 Å². The van der Waals surface area contributed by atoms with E-state index in [-0.39, 0.29) is 5.78 Å². The standard InChI is InChI=1S/C12H12BrN3O/c1-7-4-9(5-8(2)15-7)12(17)11-10(13)6-14-16(11)3/h4-6H,1-3H3. The molecule has 0 unspecified atom stereocenters. The predicted molar refractivity (Wildman–Crippen MR) is 68.1 cm³/mol. The molecule has 0 N–H and O–H groups in total. The van der Waals surface area contributed by atoms with Gasteiger partial charge >= 0.3 is 0 Å². The Labute approximate surface area is 108 Å². The van der Waals surface area contributed by atoms with Crippen LogP contribution >= 0.6 is 15.9 Å². The zero-order valence-electron chi connectivity index (χ0n) is 9.86. The van der Waals surface area contributed by atoms with E-state index in [2.05, 4.69) is 26.0 Å². The summed E-state index contributed by atoms with van der Waals surface area (Å²) < 4.78 is 2.27. The zero-order valence-corrected chi connectivity index (χ0v) is 11.4. The Kier molecular flexibility index (Phi) is 3.11. The van der Waals surface area contributed by atoms with Crippen molar-refractivity contribution in [1.82, 2.24) is 14.8 Å². The molecule has 0 fully saturated rings. The Hall–Kier alpha value is -1.49. The van der Waals surface area contributed by atoms with Gasteiger partial charge in [-0.25, -0.2) is 0 Å². The molecule has 0 aliphatic rings. The first-order valence-corrected chi connectivity index (χ1v) is 5.96. The van der Waals surface area contributed by atoms with Crippen LogP contribution in [0.4, 0.5) is 0 Å². The third-order valence-electron chi connectivity index (χ3n) is 2.45. The van der Waals surface area contributed by atoms with Crippen LogP contribution in [0.2, 0.25) is 0 Å². The highest BCUT2D eigenvalue weighted by atomic mass is 79.9. The van der Waals surface area contributed by atoms with E-state index in [1.165, 1.54) is 0 Å². The minimum absolute atomic E-state index is 0.0505. The van der Waals surface area contributed by atoms with Gasteiger partial charge in [-0.1, -0.05) is 0 Å². The third-order valence-corrected chi connectivity index (χ3v) is 3.03. The van der Waals surface area contributed by atoms with Crippen molar-refractivity contribution in [2.75, 3.05) is 0 Å². The minimum atomic E-state index is -0.0505. The molecule has 0 aliphatic heterocycles. The SMILES string of the molecule is Cc1cc(C(=O)c2c(Br)cnn2C)cc(C)n1. The molecular formula is C12H12BrN3O. The van der Waals surface area contributed by atoms with Crippen LogP contribution in [0.15, 0.2) is 22.8 Å². The van der Waals surface area contributed by atoms with Crippen molar-refractivity contribution in [2.24, 2.45) is 7.05 Å². The number of aromatic nitrogens is 3. The molecule has 0 spiro atoms. The van der Waals surface area contributed by atoms with E-state index in [0.29, 0.717) is 15.7 Å². The molecule has 17 heavy (non-hydrogen) atoms. The van der Waals surface area contributed by atoms with Crippen molar-refractivity contribution in [1.29, 1.82) is 0 Å². The van der Waals surface area contributed by atoms with Gasteiger partial charge in [0.1, 0.15) is 5.69 Å². The fraction of sp³-hybridized carbons (Fsp3) is 0.250. The Morgan fingerprint density at radius 1 is 1.29 bits per heavy atom. The number of carbonyl (C=O) groups excluding carboxylic acids is 1. The molecule has 2 aromatic heterocycles. The minimum Gasteiger partial charge on any atom is -0.287 e. The molecule has 2 heterocycles. The largest absolute Gasteiger partial charge is 0.287 e. The maximum Gasteiger partial charge on any atom is 0.212 e. The van der Waals surface area contributed by atoms with Gasteiger partial charge in [0.2, 0.25) is 5.78 Å². The number of hydrogen-bond donors (Lipinski definition) is 0. The fourth-order valence-electron chi connectivity index (χ4n) is 1.77. The van der Waals surface area contributed by atoms with Crippen LogP contribution in [0.1, 0.15) is 27.4 Å². The molecule has 5 heteroatoms. The number of hydrogen-bond acceptors (Lipinski definition) is 3. The summed E-state index contributed by atoms with van der Waals surface area (Å²) in [6, 6.07) is 3.57. The summed E-state index contributed by atoms with van der Waals surface area (Å²) >= 11 is 3.33. The number of aryl methyl sites for hydroxylation is 3. The van der Waals surface area contributed by atoms with Crippen LogP contribution in [-0.2, 0) is 7.05 Å². The maximum atomic E-state index is 12.3. The lowest BCUT2D eigenvalue weighted by Gasteiger charge is -2.04. The number of ketones is 1. The normalized spacial score (nSPS) is 10.6. The summed E-state index contributed by atoms with van der Waals surface area (Å²) in [4.78, 5) is 16.6. The van der Waals surface area contributed by atoms with Crippen LogP contribution in [0.3, 0.4) is 0 Å². The lowest BCUT2D eigenvalue weighted by Crippen LogP contribution is -2.10. The van der Waals surface area contributed by atoms with Gasteiger partial charge < -0.3 is 0 Å². The van der Waals surface area contributed by atoms with E-state index < -0.39 is 0 Å². The molecule has 2 aromatic rings. The summed E-state index contributed by atoms with van der Waals surface area (Å²) in [7, 11) is 1.75. The van der Waals surface area contributed by atoms with Gasteiger partial charge in [0.15, 0.2) is 0 Å². The van der Waals surface area contributed by atoms with E-state index in [9.17, 15) is 4.79 Å². The topological polar surface area (TPSA) is 47.8 Å². The summed E-state index contributed by atoms with van der Waals surface area (Å²) in [6.07, 6.45) is 1.62. The zero-order chi connectivity index (χ0) is 12.6. The van der Waals surface area contributed by atoms with Gasteiger partial charge in [0.25, 0.3) is 0 Å². The fourth-order valence-corrected chi connectivity index (χ4v) is 2.30. The van der Waals surface area contributed by atoms with Crippen molar-refractivity contribution < 1.29 is 4.79 Å². The monoisotopic (exact) mass is 293 g/mol. The van der Waals surface area contributed by atoms with Crippen molar-refractivity contribution in [2.45, 2.75) is 13.8 Å². The summed E-state index contributed by atoms with van der Waals surface area (Å²) in [5.41, 5.74) is 2.87. The molecule has 88 valence electrons. The number of rotatable bonds is 2. The third kappa shape index (κ3) is 2.29. The average molecular weight is 294 g/mol. The molecule has 4 nitrogen and oxygen atoms in total. The predicted octanol–water partition coefficient (Wildman–Crippen LogP) is 2.43. The van der Waals surface area contributed by atoms with Gasteiger partial charge in [-0.15, -0.1) is 0 Å². The first-order chi connectivity index (χ1) is 7.99. The molecule has 0 bridgehead atoms. The Morgan fingerprint density at radius 3 is 2.35 bits per heavy atom. The molecule has 0 aliphatic carbocycles. The summed E-state index contributed by atoms with van der Waals surface area (Å²) in [6.45, 7) is 3.75. The van der Waals surface area contributed by atoms with Gasteiger partial charge in [-0.05, 0) is 41.9 Å². The van der Waals surface area contributed by atoms with Gasteiger partial charge in [0.05, 0.1) is 10.7 Å². The van der Waals surface area contributed by atoms with E-state index in [0.717, 1.165) is 11.4 Å². The van der Waals surface area contributed by atoms with Gasteiger partial charge in [0, 0.05) is 24.0 Å². The molecule has 0 saturated heterocycles. The molecular weight excluding hydrogens is 282 g/mol. The van der Waals surface area contributed by atoms with Crippen LogP contribution in [0, 0.1) is 13.8 Å². The quantitative estimate of drug-likeness (QED) is 0.799. The molecule has 2 rings (SSSR count). The van der Waals surface area contributed by atoms with Crippen LogP contribution < -0.4 is 0 Å². The number of halogens is 1. The Balaban J connectivity index is 2.51. The Bertz CT molecular complexity index is 550. The van der Waals surface area contributed by atoms with Crippen LogP contribution in [-0.4, -0.2) is 20.5 Å². The van der Waals surface area contributed by atoms with Crippen molar-refractivity contribution in [3.63, 3.8) is 0 Å². The van der Waals surface area contributed by atoms with Crippen LogP contribution in [0.25, 0.3) is 0 Å². The number of carbonyl (C=O) groups is 1. The van der Waals surface area contributed by atoms with E-state index >= 15 is 0 Å². The lowest BCUT2D eigenvalue weighted by atomic mass is 10.1. The first-order valence-electron chi connectivity index (χ1n) is 5.16. The van der Waals surface area contributed by atoms with Gasteiger partial charge in [-0.3, -0.25) is 14.5 Å². The molecule has 0 aromatic carbocycles. The average Bonchev–Trinajstić information content (AvgIpc) is 2.56. The second-order valence-corrected chi connectivity index (χ2v) is 4.79. The smallest absolute Gasteiger partial charge is 0.212 e. The summed E-state index contributed by atoms with van der Waals surface area (Å²) in [5.74, 6) is -0.0505. The first kappa shape index (κ1) is 12.0. The molecule has 0 saturated carbocycles. The van der Waals surface area contributed by atoms with Crippen molar-refractivity contribution in [3.05, 3.63) is 45.4 Å². The van der Waals surface area contributed by atoms with E-state index in [1.54, 1.807) is 30.1 Å². The lowest BCUT2D eigenvalue weighted by molar-refractivity contribution is 0.102. The van der Waals surface area contributed by atoms with E-state index in [1.807, 2.05) is 13.8 Å². The molecule has 0 atom stereocenters. The second-order valence-electron chi connectivity index (χ2n) is 3.93. The molecule has 0 amide bonds. The summed E-state index contributed by atoms with van der Waals surface area (Å²) in [5, 5.41) is 4.04. The highest BCUT2D eigenvalue weighted by Gasteiger charge is 2.17.